The van der Waals surface area contributed by atoms with Gasteiger partial charge in [-0.15, -0.1) is 11.6 Å². The fourth-order valence-electron chi connectivity index (χ4n) is 4.67. The van der Waals surface area contributed by atoms with Crippen LogP contribution < -0.4 is 14.8 Å². The molecule has 176 valence electrons. The molecule has 1 aliphatic carbocycles. The molecule has 1 fully saturated rings. The van der Waals surface area contributed by atoms with E-state index in [0.29, 0.717) is 11.5 Å². The molecule has 1 saturated carbocycles. The third-order valence-electron chi connectivity index (χ3n) is 6.40. The van der Waals surface area contributed by atoms with Gasteiger partial charge in [-0.25, -0.2) is 0 Å². The molecule has 2 aromatic rings. The standard InChI is InChI=1S/C26H31ClN2O4/c1-18-9-5-6-12-21(18)25(26(31)28-19-10-3-2-4-11-19)29(24(30)15-27)16-20-17-32-22-13-7-8-14-23(22)33-20/h5-9,12-14,19-20,25H,2-4,10-11,15-17H2,1H3,(H,28,31)/t20-,25-/m0/s1. The molecule has 33 heavy (non-hydrogen) atoms. The van der Waals surface area contributed by atoms with Crippen molar-refractivity contribution in [1.29, 1.82) is 0 Å². The smallest absolute Gasteiger partial charge is 0.247 e. The van der Waals surface area contributed by atoms with Crippen LogP contribution in [0.4, 0.5) is 0 Å². The van der Waals surface area contributed by atoms with Gasteiger partial charge in [-0.1, -0.05) is 55.7 Å². The second-order valence-corrected chi connectivity index (χ2v) is 9.05. The van der Waals surface area contributed by atoms with Crippen LogP contribution in [0.5, 0.6) is 11.5 Å². The molecule has 1 aliphatic heterocycles. The van der Waals surface area contributed by atoms with E-state index in [4.69, 9.17) is 21.1 Å². The number of carbonyl (C=O) groups excluding carboxylic acids is 2. The summed E-state index contributed by atoms with van der Waals surface area (Å²) in [7, 11) is 0. The summed E-state index contributed by atoms with van der Waals surface area (Å²) in [5, 5.41) is 3.21. The molecule has 2 amide bonds. The molecule has 2 atom stereocenters. The minimum absolute atomic E-state index is 0.131. The summed E-state index contributed by atoms with van der Waals surface area (Å²) >= 11 is 6.02. The molecule has 0 aromatic heterocycles. The predicted molar refractivity (Wildman–Crippen MR) is 128 cm³/mol. The third-order valence-corrected chi connectivity index (χ3v) is 6.63. The Balaban J connectivity index is 1.61. The number of aryl methyl sites for hydroxylation is 1. The zero-order valence-electron chi connectivity index (χ0n) is 19.0. The Bertz CT molecular complexity index is 976. The topological polar surface area (TPSA) is 67.9 Å². The second kappa shape index (κ2) is 10.9. The van der Waals surface area contributed by atoms with Crippen molar-refractivity contribution in [2.24, 2.45) is 0 Å². The number of nitrogens with zero attached hydrogens (tertiary/aromatic N) is 1. The number of nitrogens with one attached hydrogen (secondary N) is 1. The second-order valence-electron chi connectivity index (χ2n) is 8.78. The number of halogens is 1. The van der Waals surface area contributed by atoms with Crippen LogP contribution in [0.2, 0.25) is 0 Å². The molecular formula is C26H31ClN2O4. The number of hydrogen-bond donors (Lipinski definition) is 1. The summed E-state index contributed by atoms with van der Waals surface area (Å²) in [4.78, 5) is 28.3. The van der Waals surface area contributed by atoms with Gasteiger partial charge in [-0.2, -0.15) is 0 Å². The van der Waals surface area contributed by atoms with Crippen LogP contribution in [0, 0.1) is 6.92 Å². The maximum atomic E-state index is 13.6. The first kappa shape index (κ1) is 23.4. The molecule has 6 nitrogen and oxygen atoms in total. The zero-order valence-corrected chi connectivity index (χ0v) is 19.7. The summed E-state index contributed by atoms with van der Waals surface area (Å²) in [6.07, 6.45) is 4.93. The number of carbonyl (C=O) groups is 2. The highest BCUT2D eigenvalue weighted by molar-refractivity contribution is 6.27. The van der Waals surface area contributed by atoms with Crippen LogP contribution in [0.3, 0.4) is 0 Å². The summed E-state index contributed by atoms with van der Waals surface area (Å²) in [6, 6.07) is 14.5. The molecule has 2 aliphatic rings. The lowest BCUT2D eigenvalue weighted by molar-refractivity contribution is -0.141. The molecule has 1 N–H and O–H groups in total. The maximum Gasteiger partial charge on any atom is 0.247 e. The molecule has 0 bridgehead atoms. The fourth-order valence-corrected chi connectivity index (χ4v) is 4.83. The lowest BCUT2D eigenvalue weighted by atomic mass is 9.94. The van der Waals surface area contributed by atoms with E-state index < -0.39 is 12.1 Å². The summed E-state index contributed by atoms with van der Waals surface area (Å²) < 4.78 is 12.0. The van der Waals surface area contributed by atoms with Crippen molar-refractivity contribution in [2.75, 3.05) is 19.0 Å². The van der Waals surface area contributed by atoms with Crippen molar-refractivity contribution in [1.82, 2.24) is 10.2 Å². The normalized spacial score (nSPS) is 18.9. The average molecular weight is 471 g/mol. The van der Waals surface area contributed by atoms with Crippen LogP contribution in [-0.4, -0.2) is 47.9 Å². The van der Waals surface area contributed by atoms with E-state index in [2.05, 4.69) is 5.32 Å². The SMILES string of the molecule is Cc1ccccc1[C@@H](C(=O)NC1CCCCC1)N(C[C@H]1COc2ccccc2O1)C(=O)CCl. The minimum atomic E-state index is -0.792. The first-order chi connectivity index (χ1) is 16.1. The Hall–Kier alpha value is -2.73. The van der Waals surface area contributed by atoms with E-state index in [0.717, 1.165) is 36.8 Å². The Labute approximate surface area is 200 Å². The predicted octanol–water partition coefficient (Wildman–Crippen LogP) is 4.39. The van der Waals surface area contributed by atoms with Gasteiger partial charge in [-0.05, 0) is 43.0 Å². The van der Waals surface area contributed by atoms with Gasteiger partial charge < -0.3 is 19.7 Å². The van der Waals surface area contributed by atoms with Crippen LogP contribution in [0.15, 0.2) is 48.5 Å². The van der Waals surface area contributed by atoms with Crippen LogP contribution in [0.25, 0.3) is 0 Å². The molecule has 2 aromatic carbocycles. The number of para-hydroxylation sites is 2. The van der Waals surface area contributed by atoms with Gasteiger partial charge in [0.15, 0.2) is 17.6 Å². The van der Waals surface area contributed by atoms with Gasteiger partial charge in [0.2, 0.25) is 11.8 Å². The van der Waals surface area contributed by atoms with Gasteiger partial charge in [0.1, 0.15) is 18.5 Å². The monoisotopic (exact) mass is 470 g/mol. The Morgan fingerprint density at radius 3 is 2.48 bits per heavy atom. The molecule has 0 saturated heterocycles. The van der Waals surface area contributed by atoms with Crippen LogP contribution in [0.1, 0.15) is 49.3 Å². The van der Waals surface area contributed by atoms with E-state index in [9.17, 15) is 9.59 Å². The van der Waals surface area contributed by atoms with Crippen LogP contribution in [-0.2, 0) is 9.59 Å². The Morgan fingerprint density at radius 1 is 1.06 bits per heavy atom. The van der Waals surface area contributed by atoms with Gasteiger partial charge in [0.05, 0.1) is 6.54 Å². The lowest BCUT2D eigenvalue weighted by Crippen LogP contribution is -2.51. The highest BCUT2D eigenvalue weighted by Crippen LogP contribution is 2.33. The van der Waals surface area contributed by atoms with Crippen LogP contribution >= 0.6 is 11.6 Å². The number of fused-ring (bicyclic) bond motifs is 1. The Kier molecular flexibility index (Phi) is 7.76. The van der Waals surface area contributed by atoms with Crippen molar-refractivity contribution in [3.8, 4) is 11.5 Å². The van der Waals surface area contributed by atoms with Crippen molar-refractivity contribution < 1.29 is 19.1 Å². The third kappa shape index (κ3) is 5.61. The van der Waals surface area contributed by atoms with Crippen molar-refractivity contribution in [2.45, 2.75) is 57.2 Å². The van der Waals surface area contributed by atoms with Gasteiger partial charge >= 0.3 is 0 Å². The molecular weight excluding hydrogens is 440 g/mol. The summed E-state index contributed by atoms with van der Waals surface area (Å²) in [6.45, 7) is 2.43. The van der Waals surface area contributed by atoms with Crippen molar-refractivity contribution in [3.63, 3.8) is 0 Å². The first-order valence-corrected chi connectivity index (χ1v) is 12.2. The lowest BCUT2D eigenvalue weighted by Gasteiger charge is -2.36. The number of alkyl halides is 1. The minimum Gasteiger partial charge on any atom is -0.486 e. The zero-order chi connectivity index (χ0) is 23.2. The molecule has 0 unspecified atom stereocenters. The first-order valence-electron chi connectivity index (χ1n) is 11.7. The van der Waals surface area contributed by atoms with E-state index in [-0.39, 0.29) is 36.9 Å². The van der Waals surface area contributed by atoms with Gasteiger partial charge in [0, 0.05) is 6.04 Å². The van der Waals surface area contributed by atoms with Crippen molar-refractivity contribution >= 4 is 23.4 Å². The molecule has 1 heterocycles. The average Bonchev–Trinajstić information content (AvgIpc) is 2.84. The van der Waals surface area contributed by atoms with Gasteiger partial charge in [-0.3, -0.25) is 9.59 Å². The summed E-state index contributed by atoms with van der Waals surface area (Å²) in [5.41, 5.74) is 1.74. The van der Waals surface area contributed by atoms with E-state index >= 15 is 0 Å². The number of benzene rings is 2. The largest absolute Gasteiger partial charge is 0.486 e. The van der Waals surface area contributed by atoms with E-state index in [1.807, 2.05) is 55.5 Å². The molecule has 7 heteroatoms. The highest BCUT2D eigenvalue weighted by atomic mass is 35.5. The van der Waals surface area contributed by atoms with E-state index in [1.54, 1.807) is 4.90 Å². The summed E-state index contributed by atoms with van der Waals surface area (Å²) in [5.74, 6) is 0.599. The number of rotatable bonds is 7. The quantitative estimate of drug-likeness (QED) is 0.609. The highest BCUT2D eigenvalue weighted by Gasteiger charge is 2.36. The number of ether oxygens (including phenoxy) is 2. The molecule has 4 rings (SSSR count). The number of hydrogen-bond acceptors (Lipinski definition) is 4. The molecule has 0 radical (unpaired) electrons. The Morgan fingerprint density at radius 2 is 1.76 bits per heavy atom. The van der Waals surface area contributed by atoms with E-state index in [1.165, 1.54) is 6.42 Å². The molecule has 0 spiro atoms. The maximum absolute atomic E-state index is 13.6. The van der Waals surface area contributed by atoms with Crippen molar-refractivity contribution in [3.05, 3.63) is 59.7 Å². The van der Waals surface area contributed by atoms with Gasteiger partial charge in [0.25, 0.3) is 0 Å². The number of amides is 2. The fraction of sp³-hybridized carbons (Fsp3) is 0.462.